The Balaban J connectivity index is 0.000000948. The van der Waals surface area contributed by atoms with Crippen LogP contribution < -0.4 is 5.32 Å². The molecule has 4 rings (SSSR count). The van der Waals surface area contributed by atoms with Crippen LogP contribution in [-0.2, 0) is 7.05 Å². The summed E-state index contributed by atoms with van der Waals surface area (Å²) in [6.07, 6.45) is 6.17. The molecular weight excluding hydrogens is 318 g/mol. The van der Waals surface area contributed by atoms with Crippen molar-refractivity contribution in [2.75, 3.05) is 13.1 Å². The van der Waals surface area contributed by atoms with Gasteiger partial charge in [0.2, 0.25) is 0 Å². The Bertz CT molecular complexity index is 800. The first-order valence-corrected chi connectivity index (χ1v) is 9.71. The molecule has 0 bridgehead atoms. The minimum atomic E-state index is 0.634. The van der Waals surface area contributed by atoms with E-state index < -0.39 is 0 Å². The van der Waals surface area contributed by atoms with Crippen molar-refractivity contribution in [2.24, 2.45) is 7.05 Å². The second kappa shape index (κ2) is 8.81. The molecule has 1 aromatic carbocycles. The van der Waals surface area contributed by atoms with Gasteiger partial charge in [-0.2, -0.15) is 0 Å². The van der Waals surface area contributed by atoms with E-state index in [1.165, 1.54) is 40.9 Å². The molecule has 1 saturated heterocycles. The first-order valence-electron chi connectivity index (χ1n) is 9.71. The van der Waals surface area contributed by atoms with Gasteiger partial charge in [-0.25, -0.2) is 0 Å². The monoisotopic (exact) mass is 347 g/mol. The van der Waals surface area contributed by atoms with Crippen LogP contribution in [0.5, 0.6) is 0 Å². The number of pyridine rings is 1. The summed E-state index contributed by atoms with van der Waals surface area (Å²) in [5.41, 5.74) is 6.56. The Hall–Kier alpha value is -2.39. The molecule has 3 nitrogen and oxygen atoms in total. The molecule has 26 heavy (non-hydrogen) atoms. The SMILES string of the molecule is CC.Cn1c(C2CCNCC2)cc(-c2ccncc2)c1-c1ccccc1. The molecule has 0 atom stereocenters. The lowest BCUT2D eigenvalue weighted by atomic mass is 9.94. The van der Waals surface area contributed by atoms with Crippen LogP contribution in [0.15, 0.2) is 60.9 Å². The third-order valence-corrected chi connectivity index (χ3v) is 5.07. The van der Waals surface area contributed by atoms with Gasteiger partial charge < -0.3 is 9.88 Å². The summed E-state index contributed by atoms with van der Waals surface area (Å²) in [7, 11) is 2.21. The molecule has 1 N–H and O–H groups in total. The van der Waals surface area contributed by atoms with E-state index in [4.69, 9.17) is 0 Å². The van der Waals surface area contributed by atoms with Gasteiger partial charge in [-0.1, -0.05) is 44.2 Å². The number of benzene rings is 1. The third kappa shape index (κ3) is 3.73. The summed E-state index contributed by atoms with van der Waals surface area (Å²) in [6, 6.07) is 17.3. The number of aromatic nitrogens is 2. The number of nitrogens with zero attached hydrogens (tertiary/aromatic N) is 2. The van der Waals surface area contributed by atoms with E-state index in [1.807, 2.05) is 26.2 Å². The standard InChI is InChI=1S/C21H23N3.C2H6/c1-24-20(17-9-13-23-14-10-17)15-19(16-7-11-22-12-8-16)21(24)18-5-3-2-4-6-18;1-2/h2-8,11-12,15,17,23H,9-10,13-14H2,1H3;1-2H3. The molecule has 1 fully saturated rings. The summed E-state index contributed by atoms with van der Waals surface area (Å²) in [5, 5.41) is 3.47. The van der Waals surface area contributed by atoms with Crippen LogP contribution in [0.25, 0.3) is 22.4 Å². The molecule has 1 aliphatic heterocycles. The summed E-state index contributed by atoms with van der Waals surface area (Å²) >= 11 is 0. The lowest BCUT2D eigenvalue weighted by molar-refractivity contribution is 0.446. The van der Waals surface area contributed by atoms with Crippen LogP contribution in [0.4, 0.5) is 0 Å². The van der Waals surface area contributed by atoms with Crippen molar-refractivity contribution in [2.45, 2.75) is 32.6 Å². The number of nitrogens with one attached hydrogen (secondary N) is 1. The fourth-order valence-corrected chi connectivity index (χ4v) is 3.83. The Kier molecular flexibility index (Phi) is 6.24. The topological polar surface area (TPSA) is 29.9 Å². The van der Waals surface area contributed by atoms with Crippen molar-refractivity contribution in [1.82, 2.24) is 14.9 Å². The summed E-state index contributed by atoms with van der Waals surface area (Å²) in [5.74, 6) is 0.634. The fraction of sp³-hybridized carbons (Fsp3) is 0.348. The van der Waals surface area contributed by atoms with Crippen molar-refractivity contribution in [1.29, 1.82) is 0 Å². The molecule has 136 valence electrons. The number of hydrogen-bond donors (Lipinski definition) is 1. The van der Waals surface area contributed by atoms with Crippen molar-refractivity contribution in [3.05, 3.63) is 66.6 Å². The quantitative estimate of drug-likeness (QED) is 0.701. The van der Waals surface area contributed by atoms with Crippen molar-refractivity contribution >= 4 is 0 Å². The molecule has 0 amide bonds. The van der Waals surface area contributed by atoms with Gasteiger partial charge in [0.25, 0.3) is 0 Å². The average Bonchev–Trinajstić information content (AvgIpc) is 3.08. The van der Waals surface area contributed by atoms with Crippen LogP contribution in [-0.4, -0.2) is 22.6 Å². The maximum absolute atomic E-state index is 4.18. The van der Waals surface area contributed by atoms with Gasteiger partial charge in [-0.3, -0.25) is 4.98 Å². The highest BCUT2D eigenvalue weighted by Crippen LogP contribution is 2.38. The van der Waals surface area contributed by atoms with Gasteiger partial charge >= 0.3 is 0 Å². The number of piperidine rings is 1. The van der Waals surface area contributed by atoms with Crippen molar-refractivity contribution in [3.63, 3.8) is 0 Å². The maximum Gasteiger partial charge on any atom is 0.0559 e. The zero-order chi connectivity index (χ0) is 18.4. The minimum absolute atomic E-state index is 0.634. The van der Waals surface area contributed by atoms with Gasteiger partial charge in [0.1, 0.15) is 0 Å². The number of hydrogen-bond acceptors (Lipinski definition) is 2. The fourth-order valence-electron chi connectivity index (χ4n) is 3.83. The molecule has 3 heterocycles. The molecule has 0 aliphatic carbocycles. The van der Waals surface area contributed by atoms with E-state index in [2.05, 4.69) is 70.4 Å². The van der Waals surface area contributed by atoms with E-state index in [0.717, 1.165) is 13.1 Å². The molecule has 3 aromatic rings. The van der Waals surface area contributed by atoms with Gasteiger partial charge in [0, 0.05) is 36.6 Å². The molecule has 0 saturated carbocycles. The smallest absolute Gasteiger partial charge is 0.0559 e. The Morgan fingerprint density at radius 3 is 2.23 bits per heavy atom. The number of rotatable bonds is 3. The zero-order valence-corrected chi connectivity index (χ0v) is 16.1. The second-order valence-electron chi connectivity index (χ2n) is 6.52. The lowest BCUT2D eigenvalue weighted by Crippen LogP contribution is -2.27. The Labute approximate surface area is 157 Å². The van der Waals surface area contributed by atoms with E-state index in [0.29, 0.717) is 5.92 Å². The molecule has 1 aliphatic rings. The maximum atomic E-state index is 4.18. The minimum Gasteiger partial charge on any atom is -0.347 e. The van der Waals surface area contributed by atoms with Crippen LogP contribution in [0.2, 0.25) is 0 Å². The zero-order valence-electron chi connectivity index (χ0n) is 16.1. The first-order chi connectivity index (χ1) is 12.8. The van der Waals surface area contributed by atoms with E-state index >= 15 is 0 Å². The summed E-state index contributed by atoms with van der Waals surface area (Å²) in [6.45, 7) is 6.22. The third-order valence-electron chi connectivity index (χ3n) is 5.07. The van der Waals surface area contributed by atoms with E-state index in [1.54, 1.807) is 0 Å². The molecule has 0 radical (unpaired) electrons. The molecule has 0 spiro atoms. The summed E-state index contributed by atoms with van der Waals surface area (Å²) in [4.78, 5) is 4.18. The highest BCUT2D eigenvalue weighted by Gasteiger charge is 2.23. The molecule has 2 aromatic heterocycles. The predicted molar refractivity (Wildman–Crippen MR) is 110 cm³/mol. The molecular formula is C23H29N3. The molecule has 0 unspecified atom stereocenters. The van der Waals surface area contributed by atoms with Gasteiger partial charge in [0.15, 0.2) is 0 Å². The van der Waals surface area contributed by atoms with Gasteiger partial charge in [-0.15, -0.1) is 0 Å². The Morgan fingerprint density at radius 2 is 1.58 bits per heavy atom. The Morgan fingerprint density at radius 1 is 0.923 bits per heavy atom. The van der Waals surface area contributed by atoms with E-state index in [-0.39, 0.29) is 0 Å². The van der Waals surface area contributed by atoms with Crippen molar-refractivity contribution < 1.29 is 0 Å². The average molecular weight is 348 g/mol. The van der Waals surface area contributed by atoms with Crippen molar-refractivity contribution in [3.8, 4) is 22.4 Å². The summed E-state index contributed by atoms with van der Waals surface area (Å²) < 4.78 is 2.40. The first kappa shape index (κ1) is 18.4. The largest absolute Gasteiger partial charge is 0.347 e. The van der Waals surface area contributed by atoms with Gasteiger partial charge in [0.05, 0.1) is 5.69 Å². The van der Waals surface area contributed by atoms with Crippen LogP contribution in [0.1, 0.15) is 38.3 Å². The van der Waals surface area contributed by atoms with E-state index in [9.17, 15) is 0 Å². The van der Waals surface area contributed by atoms with Crippen LogP contribution in [0.3, 0.4) is 0 Å². The predicted octanol–water partition coefficient (Wildman–Crippen LogP) is 5.25. The normalized spacial score (nSPS) is 14.6. The highest BCUT2D eigenvalue weighted by molar-refractivity contribution is 5.82. The lowest BCUT2D eigenvalue weighted by Gasteiger charge is -2.23. The second-order valence-corrected chi connectivity index (χ2v) is 6.52. The molecule has 3 heteroatoms. The highest BCUT2D eigenvalue weighted by atomic mass is 15.0. The van der Waals surface area contributed by atoms with Gasteiger partial charge in [-0.05, 0) is 55.3 Å². The van der Waals surface area contributed by atoms with Crippen LogP contribution >= 0.6 is 0 Å². The van der Waals surface area contributed by atoms with Crippen LogP contribution in [0, 0.1) is 0 Å².